The van der Waals surface area contributed by atoms with Gasteiger partial charge in [0.15, 0.2) is 5.78 Å². The van der Waals surface area contributed by atoms with Gasteiger partial charge in [-0.15, -0.1) is 0 Å². The van der Waals surface area contributed by atoms with Gasteiger partial charge in [0.2, 0.25) is 5.91 Å². The van der Waals surface area contributed by atoms with Crippen LogP contribution in [0, 0.1) is 5.92 Å². The number of amides is 1. The van der Waals surface area contributed by atoms with Gasteiger partial charge in [0.25, 0.3) is 0 Å². The van der Waals surface area contributed by atoms with Gasteiger partial charge in [-0.2, -0.15) is 0 Å². The number of Topliss-reactive ketones (excluding diaryl/α,β-unsaturated/α-hetero) is 2. The third-order valence-electron chi connectivity index (χ3n) is 7.39. The molecule has 1 aromatic carbocycles. The van der Waals surface area contributed by atoms with E-state index >= 15 is 0 Å². The topological polar surface area (TPSA) is 184 Å². The molecule has 0 bridgehead atoms. The van der Waals surface area contributed by atoms with Crippen molar-refractivity contribution in [2.24, 2.45) is 5.92 Å². The normalized spacial score (nSPS) is 11.6. The van der Waals surface area contributed by atoms with Gasteiger partial charge in [0, 0.05) is 45.9 Å². The van der Waals surface area contributed by atoms with E-state index in [1.165, 1.54) is 12.1 Å². The number of aliphatic carboxylic acids is 1. The quantitative estimate of drug-likeness (QED) is 0.0885. The fourth-order valence-corrected chi connectivity index (χ4v) is 4.63. The van der Waals surface area contributed by atoms with Gasteiger partial charge < -0.3 is 39.2 Å². The summed E-state index contributed by atoms with van der Waals surface area (Å²) in [4.78, 5) is 58.8. The van der Waals surface area contributed by atoms with Gasteiger partial charge >= 0.3 is 11.9 Å². The van der Waals surface area contributed by atoms with Crippen LogP contribution in [-0.2, 0) is 38.1 Å². The molecule has 272 valence electrons. The van der Waals surface area contributed by atoms with Crippen molar-refractivity contribution in [3.05, 3.63) is 29.8 Å². The van der Waals surface area contributed by atoms with Gasteiger partial charge in [-0.3, -0.25) is 19.2 Å². The lowest BCUT2D eigenvalue weighted by molar-refractivity contribution is -0.144. The van der Waals surface area contributed by atoms with Crippen LogP contribution in [0.3, 0.4) is 0 Å². The molecular formula is C35H55NO12. The Morgan fingerprint density at radius 2 is 1.29 bits per heavy atom. The summed E-state index contributed by atoms with van der Waals surface area (Å²) in [5.41, 5.74) is 0.226. The van der Waals surface area contributed by atoms with Crippen molar-refractivity contribution in [1.82, 2.24) is 5.32 Å². The highest BCUT2D eigenvalue weighted by Crippen LogP contribution is 2.17. The van der Waals surface area contributed by atoms with Crippen molar-refractivity contribution in [1.29, 1.82) is 0 Å². The van der Waals surface area contributed by atoms with Crippen LogP contribution >= 0.6 is 0 Å². The molecule has 0 saturated heterocycles. The molecule has 3 N–H and O–H groups in total. The van der Waals surface area contributed by atoms with Gasteiger partial charge in [-0.05, 0) is 49.9 Å². The Hall–Kier alpha value is -3.39. The molecule has 13 nitrogen and oxygen atoms in total. The van der Waals surface area contributed by atoms with Crippen LogP contribution in [0.15, 0.2) is 24.3 Å². The maximum Gasteiger partial charge on any atom is 0.335 e. The molecule has 0 spiro atoms. The van der Waals surface area contributed by atoms with Crippen LogP contribution < -0.4 is 10.1 Å². The molecule has 1 rings (SSSR count). The van der Waals surface area contributed by atoms with Crippen molar-refractivity contribution in [3.8, 4) is 5.75 Å². The summed E-state index contributed by atoms with van der Waals surface area (Å²) in [7, 11) is 1.60. The zero-order chi connectivity index (χ0) is 35.2. The number of rotatable bonds is 33. The Labute approximate surface area is 284 Å². The molecule has 13 heteroatoms. The molecule has 0 heterocycles. The molecule has 1 atom stereocenters. The zero-order valence-corrected chi connectivity index (χ0v) is 28.4. The van der Waals surface area contributed by atoms with Crippen molar-refractivity contribution in [2.75, 3.05) is 66.5 Å². The molecular weight excluding hydrogens is 626 g/mol. The Kier molecular flexibility index (Phi) is 25.4. The predicted molar refractivity (Wildman–Crippen MR) is 177 cm³/mol. The number of carboxylic acid groups (broad SMARTS) is 2. The van der Waals surface area contributed by atoms with Crippen molar-refractivity contribution in [2.45, 2.75) is 83.5 Å². The Bertz CT molecular complexity index is 1050. The number of unbranched alkanes of at least 4 members (excludes halogenated alkanes) is 6. The molecule has 0 aliphatic carbocycles. The van der Waals surface area contributed by atoms with E-state index in [0.717, 1.165) is 38.5 Å². The predicted octanol–water partition coefficient (Wildman–Crippen LogP) is 4.49. The number of hydrogen-bond donors (Lipinski definition) is 3. The molecule has 0 aromatic heterocycles. The largest absolute Gasteiger partial charge is 0.494 e. The summed E-state index contributed by atoms with van der Waals surface area (Å²) < 4.78 is 26.5. The van der Waals surface area contributed by atoms with E-state index in [2.05, 4.69) is 5.32 Å². The molecule has 48 heavy (non-hydrogen) atoms. The first kappa shape index (κ1) is 42.6. The molecule has 0 radical (unpaired) electrons. The molecule has 0 aliphatic heterocycles. The number of carboxylic acids is 2. The smallest absolute Gasteiger partial charge is 0.335 e. The second-order valence-electron chi connectivity index (χ2n) is 11.5. The first-order chi connectivity index (χ1) is 23.2. The van der Waals surface area contributed by atoms with E-state index < -0.39 is 17.9 Å². The first-order valence-corrected chi connectivity index (χ1v) is 16.9. The number of hydrogen-bond acceptors (Lipinski definition) is 10. The van der Waals surface area contributed by atoms with Crippen molar-refractivity contribution >= 4 is 29.4 Å². The summed E-state index contributed by atoms with van der Waals surface area (Å²) in [5, 5.41) is 21.1. The van der Waals surface area contributed by atoms with Crippen molar-refractivity contribution in [3.63, 3.8) is 0 Å². The molecule has 0 aliphatic rings. The lowest BCUT2D eigenvalue weighted by Gasteiger charge is -2.12. The number of carbonyl (C=O) groups is 5. The SMILES string of the molecule is COCCOCCCC(=O)COCCOCCNC(=O)CC[C@H](CC(=O)CCCCCCCCCOc1ccc(C(=O)O)cc1)C(=O)O. The minimum Gasteiger partial charge on any atom is -0.494 e. The van der Waals surface area contributed by atoms with E-state index in [1.807, 2.05) is 0 Å². The highest BCUT2D eigenvalue weighted by atomic mass is 16.5. The van der Waals surface area contributed by atoms with Gasteiger partial charge in [-0.1, -0.05) is 32.1 Å². The number of benzene rings is 1. The Morgan fingerprint density at radius 1 is 0.667 bits per heavy atom. The van der Waals surface area contributed by atoms with E-state index in [0.29, 0.717) is 57.9 Å². The summed E-state index contributed by atoms with van der Waals surface area (Å²) in [6, 6.07) is 6.34. The number of methoxy groups -OCH3 is 1. The highest BCUT2D eigenvalue weighted by molar-refractivity contribution is 5.87. The zero-order valence-electron chi connectivity index (χ0n) is 28.4. The molecule has 0 fully saturated rings. The third-order valence-corrected chi connectivity index (χ3v) is 7.39. The van der Waals surface area contributed by atoms with Gasteiger partial charge in [0.1, 0.15) is 18.1 Å². The number of aromatic carboxylic acids is 1. The van der Waals surface area contributed by atoms with E-state index in [1.54, 1.807) is 19.2 Å². The second-order valence-corrected chi connectivity index (χ2v) is 11.5. The molecule has 0 saturated carbocycles. The van der Waals surface area contributed by atoms with E-state index in [9.17, 15) is 29.1 Å². The molecule has 1 amide bonds. The minimum absolute atomic E-state index is 0.00762. The van der Waals surface area contributed by atoms with Crippen LogP contribution in [0.1, 0.15) is 93.8 Å². The summed E-state index contributed by atoms with van der Waals surface area (Å²) >= 11 is 0. The Balaban J connectivity index is 1.99. The molecule has 1 aromatic rings. The first-order valence-electron chi connectivity index (χ1n) is 16.9. The summed E-state index contributed by atoms with van der Waals surface area (Å²) in [5.74, 6) is -2.68. The fraction of sp³-hybridized carbons (Fsp3) is 0.686. The monoisotopic (exact) mass is 681 g/mol. The standard InChI is InChI=1S/C35H55NO12/c1-44-22-23-45-19-9-11-31(38)27-47-25-24-46-21-18-36-33(39)17-14-29(35(42)43)26-30(37)10-7-5-3-2-4-6-8-20-48-32-15-12-28(13-16-32)34(40)41/h12-13,15-16,29H,2-11,14,17-27H2,1H3,(H,36,39)(H,40,41)(H,42,43)/t29-/m1/s1. The second kappa shape index (κ2) is 28.6. The number of ether oxygens (including phenoxy) is 5. The Morgan fingerprint density at radius 3 is 1.98 bits per heavy atom. The van der Waals surface area contributed by atoms with Crippen molar-refractivity contribution < 1.29 is 57.9 Å². The van der Waals surface area contributed by atoms with Crippen LogP contribution in [-0.4, -0.2) is 106 Å². The van der Waals surface area contributed by atoms with E-state index in [-0.39, 0.29) is 75.3 Å². The highest BCUT2D eigenvalue weighted by Gasteiger charge is 2.22. The van der Waals surface area contributed by atoms with Crippen LogP contribution in [0.4, 0.5) is 0 Å². The summed E-state index contributed by atoms with van der Waals surface area (Å²) in [6.45, 7) is 3.15. The number of ketones is 2. The maximum atomic E-state index is 12.4. The average molecular weight is 682 g/mol. The van der Waals surface area contributed by atoms with Gasteiger partial charge in [0.05, 0.1) is 51.1 Å². The van der Waals surface area contributed by atoms with Gasteiger partial charge in [-0.25, -0.2) is 4.79 Å². The molecule has 0 unspecified atom stereocenters. The van der Waals surface area contributed by atoms with Crippen LogP contribution in [0.5, 0.6) is 5.75 Å². The van der Waals surface area contributed by atoms with Crippen LogP contribution in [0.2, 0.25) is 0 Å². The number of nitrogens with one attached hydrogen (secondary N) is 1. The maximum absolute atomic E-state index is 12.4. The van der Waals surface area contributed by atoms with Crippen LogP contribution in [0.25, 0.3) is 0 Å². The van der Waals surface area contributed by atoms with E-state index in [4.69, 9.17) is 28.8 Å². The lowest BCUT2D eigenvalue weighted by Crippen LogP contribution is -2.29. The summed E-state index contributed by atoms with van der Waals surface area (Å²) in [6.07, 6.45) is 7.99. The lowest BCUT2D eigenvalue weighted by atomic mass is 9.94. The average Bonchev–Trinajstić information content (AvgIpc) is 3.06. The number of carbonyl (C=O) groups excluding carboxylic acids is 3. The third kappa shape index (κ3) is 23.9. The fourth-order valence-electron chi connectivity index (χ4n) is 4.63. The minimum atomic E-state index is -1.07.